The van der Waals surface area contributed by atoms with Crippen LogP contribution in [0, 0.1) is 13.8 Å². The van der Waals surface area contributed by atoms with E-state index < -0.39 is 6.85 Å². The number of aromatic nitrogens is 3. The van der Waals surface area contributed by atoms with E-state index >= 15 is 0 Å². The van der Waals surface area contributed by atoms with Crippen LogP contribution < -0.4 is 4.57 Å². The number of hydrogen-bond acceptors (Lipinski definition) is 1. The number of pyridine rings is 1. The first-order chi connectivity index (χ1) is 13.3. The Hall–Kier alpha value is -2.94. The second-order valence-corrected chi connectivity index (χ2v) is 6.70. The van der Waals surface area contributed by atoms with Crippen LogP contribution in [0.5, 0.6) is 0 Å². The van der Waals surface area contributed by atoms with Crippen molar-refractivity contribution in [2.45, 2.75) is 20.2 Å². The standard InChI is InChI=1S/C22H20N3/c1-14-8-9-16(15(2)12-14)22-17-13-21-23-18-6-4-5-7-20(18)25(21)19(17)10-11-24(22)3/h4-12H,13H2,1-3H3/q+1/i1D3. The summed E-state index contributed by atoms with van der Waals surface area (Å²) in [7, 11) is 2.03. The van der Waals surface area contributed by atoms with Crippen LogP contribution >= 0.6 is 0 Å². The third-order valence-corrected chi connectivity index (χ3v) is 5.09. The lowest BCUT2D eigenvalue weighted by atomic mass is 9.97. The Labute approximate surface area is 151 Å². The van der Waals surface area contributed by atoms with Gasteiger partial charge in [-0.25, -0.2) is 9.55 Å². The van der Waals surface area contributed by atoms with Gasteiger partial charge in [0.05, 0.1) is 22.3 Å². The first kappa shape index (κ1) is 11.6. The van der Waals surface area contributed by atoms with E-state index in [4.69, 9.17) is 9.10 Å². The summed E-state index contributed by atoms with van der Waals surface area (Å²) in [6.07, 6.45) is 2.82. The SMILES string of the molecule is [2H]C([2H])([2H])c1ccc(-c2c3c(cc[n+]2C)-n2c(nc4ccccc42)C3)c(C)c1. The smallest absolute Gasteiger partial charge is 0.218 e. The van der Waals surface area contributed by atoms with E-state index in [9.17, 15) is 0 Å². The van der Waals surface area contributed by atoms with Crippen molar-refractivity contribution in [3.8, 4) is 16.9 Å². The summed E-state index contributed by atoms with van der Waals surface area (Å²) in [6, 6.07) is 15.8. The van der Waals surface area contributed by atoms with Gasteiger partial charge in [-0.2, -0.15) is 0 Å². The maximum Gasteiger partial charge on any atom is 0.218 e. The second-order valence-electron chi connectivity index (χ2n) is 6.70. The molecule has 0 saturated heterocycles. The van der Waals surface area contributed by atoms with Crippen molar-refractivity contribution in [1.29, 1.82) is 0 Å². The predicted octanol–water partition coefficient (Wildman–Crippen LogP) is 4.04. The molecule has 5 rings (SSSR count). The zero-order valence-corrected chi connectivity index (χ0v) is 14.2. The number of aryl methyl sites for hydroxylation is 3. The highest BCUT2D eigenvalue weighted by Crippen LogP contribution is 2.36. The molecule has 3 nitrogen and oxygen atoms in total. The van der Waals surface area contributed by atoms with Crippen LogP contribution in [0.3, 0.4) is 0 Å². The maximum atomic E-state index is 7.67. The molecule has 0 fully saturated rings. The van der Waals surface area contributed by atoms with Gasteiger partial charge in [-0.05, 0) is 37.5 Å². The summed E-state index contributed by atoms with van der Waals surface area (Å²) in [5.41, 5.74) is 8.01. The number of hydrogen-bond donors (Lipinski definition) is 0. The molecular weight excluding hydrogens is 306 g/mol. The highest BCUT2D eigenvalue weighted by atomic mass is 15.1. The number of rotatable bonds is 1. The van der Waals surface area contributed by atoms with Gasteiger partial charge in [0.15, 0.2) is 6.20 Å². The fraction of sp³-hybridized carbons (Fsp3) is 0.182. The third-order valence-electron chi connectivity index (χ3n) is 5.09. The van der Waals surface area contributed by atoms with Crippen molar-refractivity contribution in [1.82, 2.24) is 9.55 Å². The average Bonchev–Trinajstić information content (AvgIpc) is 3.17. The molecule has 1 aliphatic rings. The van der Waals surface area contributed by atoms with E-state index in [-0.39, 0.29) is 0 Å². The zero-order chi connectivity index (χ0) is 19.6. The third kappa shape index (κ3) is 1.99. The lowest BCUT2D eigenvalue weighted by Crippen LogP contribution is -2.32. The van der Waals surface area contributed by atoms with Crippen LogP contribution in [0.2, 0.25) is 0 Å². The van der Waals surface area contributed by atoms with Crippen molar-refractivity contribution in [2.24, 2.45) is 7.05 Å². The number of nitrogens with zero attached hydrogens (tertiary/aromatic N) is 3. The largest absolute Gasteiger partial charge is 0.295 e. The monoisotopic (exact) mass is 329 g/mol. The second kappa shape index (κ2) is 5.03. The molecule has 0 atom stereocenters. The molecule has 0 radical (unpaired) electrons. The van der Waals surface area contributed by atoms with Crippen molar-refractivity contribution in [3.63, 3.8) is 0 Å². The van der Waals surface area contributed by atoms with Gasteiger partial charge < -0.3 is 0 Å². The summed E-state index contributed by atoms with van der Waals surface area (Å²) in [5, 5.41) is 0. The van der Waals surface area contributed by atoms with Crippen molar-refractivity contribution < 1.29 is 8.68 Å². The van der Waals surface area contributed by atoms with Gasteiger partial charge in [-0.1, -0.05) is 29.8 Å². The summed E-state index contributed by atoms with van der Waals surface area (Å²) in [6.45, 7) is -0.113. The Morgan fingerprint density at radius 3 is 2.88 bits per heavy atom. The molecular formula is C22H20N3+. The average molecular weight is 329 g/mol. The summed E-state index contributed by atoms with van der Waals surface area (Å²) < 4.78 is 27.4. The summed E-state index contributed by atoms with van der Waals surface area (Å²) in [5.74, 6) is 1.04. The van der Waals surface area contributed by atoms with Gasteiger partial charge >= 0.3 is 0 Å². The Bertz CT molecular complexity index is 1250. The van der Waals surface area contributed by atoms with Gasteiger partial charge in [0, 0.05) is 22.2 Å². The Morgan fingerprint density at radius 1 is 1.16 bits per heavy atom. The molecule has 3 heteroatoms. The first-order valence-electron chi connectivity index (χ1n) is 9.94. The van der Waals surface area contributed by atoms with Crippen LogP contribution in [-0.2, 0) is 13.5 Å². The van der Waals surface area contributed by atoms with E-state index in [1.54, 1.807) is 12.1 Å². The number of fused-ring (bicyclic) bond motifs is 5. The topological polar surface area (TPSA) is 21.7 Å². The van der Waals surface area contributed by atoms with E-state index in [1.807, 2.05) is 38.2 Å². The number of para-hydroxylation sites is 2. The molecule has 0 bridgehead atoms. The quantitative estimate of drug-likeness (QED) is 0.425. The molecule has 2 aromatic carbocycles. The van der Waals surface area contributed by atoms with Crippen molar-refractivity contribution in [2.75, 3.05) is 0 Å². The Kier molecular flexibility index (Phi) is 2.33. The van der Waals surface area contributed by atoms with Crippen molar-refractivity contribution in [3.05, 3.63) is 77.2 Å². The summed E-state index contributed by atoms with van der Waals surface area (Å²) in [4.78, 5) is 4.82. The molecule has 0 saturated carbocycles. The van der Waals surface area contributed by atoms with Gasteiger partial charge in [-0.15, -0.1) is 0 Å². The molecule has 0 N–H and O–H groups in total. The van der Waals surface area contributed by atoms with E-state index in [1.165, 1.54) is 5.56 Å². The Morgan fingerprint density at radius 2 is 2.04 bits per heavy atom. The summed E-state index contributed by atoms with van der Waals surface area (Å²) >= 11 is 0. The highest BCUT2D eigenvalue weighted by molar-refractivity contribution is 5.81. The van der Waals surface area contributed by atoms with E-state index in [2.05, 4.69) is 27.5 Å². The zero-order valence-electron chi connectivity index (χ0n) is 17.2. The lowest BCUT2D eigenvalue weighted by Gasteiger charge is -2.10. The van der Waals surface area contributed by atoms with Gasteiger partial charge in [-0.3, -0.25) is 4.57 Å². The van der Waals surface area contributed by atoms with Crippen LogP contribution in [0.15, 0.2) is 54.7 Å². The van der Waals surface area contributed by atoms with Gasteiger partial charge in [0.25, 0.3) is 0 Å². The minimum Gasteiger partial charge on any atom is -0.295 e. The molecule has 122 valence electrons. The van der Waals surface area contributed by atoms with Crippen LogP contribution in [-0.4, -0.2) is 9.55 Å². The molecule has 2 aromatic heterocycles. The normalized spacial score (nSPS) is 14.7. The molecule has 0 unspecified atom stereocenters. The van der Waals surface area contributed by atoms with Crippen LogP contribution in [0.4, 0.5) is 0 Å². The minimum absolute atomic E-state index is 0.378. The lowest BCUT2D eigenvalue weighted by molar-refractivity contribution is -0.660. The predicted molar refractivity (Wildman–Crippen MR) is 100.0 cm³/mol. The molecule has 0 aliphatic carbocycles. The van der Waals surface area contributed by atoms with Gasteiger partial charge in [0.2, 0.25) is 5.69 Å². The van der Waals surface area contributed by atoms with Crippen molar-refractivity contribution >= 4 is 11.0 Å². The van der Waals surface area contributed by atoms with Gasteiger partial charge in [0.1, 0.15) is 12.9 Å². The van der Waals surface area contributed by atoms with Crippen LogP contribution in [0.1, 0.15) is 26.6 Å². The molecule has 3 heterocycles. The molecule has 0 spiro atoms. The minimum atomic E-state index is -2.09. The van der Waals surface area contributed by atoms with E-state index in [0.29, 0.717) is 5.56 Å². The highest BCUT2D eigenvalue weighted by Gasteiger charge is 2.30. The van der Waals surface area contributed by atoms with E-state index in [0.717, 1.165) is 45.8 Å². The maximum absolute atomic E-state index is 7.67. The molecule has 1 aliphatic heterocycles. The fourth-order valence-electron chi connectivity index (χ4n) is 3.98. The number of imidazole rings is 1. The molecule has 4 aromatic rings. The van der Waals surface area contributed by atoms with Crippen LogP contribution in [0.25, 0.3) is 28.0 Å². The molecule has 0 amide bonds. The Balaban J connectivity index is 1.73. The first-order valence-corrected chi connectivity index (χ1v) is 8.44. The molecule has 25 heavy (non-hydrogen) atoms. The fourth-order valence-corrected chi connectivity index (χ4v) is 3.98. The number of benzene rings is 2.